The number of fused-ring (bicyclic) bond motifs is 1. The molecule has 4 aromatic rings. The summed E-state index contributed by atoms with van der Waals surface area (Å²) in [5.41, 5.74) is 1.89. The third-order valence-electron chi connectivity index (χ3n) is 4.47. The van der Waals surface area contributed by atoms with Crippen molar-refractivity contribution in [1.29, 1.82) is 0 Å². The first-order chi connectivity index (χ1) is 14.1. The Hall–Kier alpha value is -2.09. The van der Waals surface area contributed by atoms with Gasteiger partial charge in [-0.3, -0.25) is 4.79 Å². The van der Waals surface area contributed by atoms with E-state index in [1.165, 1.54) is 11.3 Å². The summed E-state index contributed by atoms with van der Waals surface area (Å²) in [5, 5.41) is 2.75. The van der Waals surface area contributed by atoms with E-state index in [4.69, 9.17) is 9.72 Å². The maximum absolute atomic E-state index is 12.8. The number of nitrogens with one attached hydrogen (secondary N) is 1. The highest BCUT2D eigenvalue weighted by atomic mass is 79.9. The topological polar surface area (TPSA) is 55.0 Å². The van der Waals surface area contributed by atoms with Crippen LogP contribution in [0.5, 0.6) is 5.75 Å². The van der Waals surface area contributed by atoms with Gasteiger partial charge in [-0.05, 0) is 36.8 Å². The summed E-state index contributed by atoms with van der Waals surface area (Å²) in [6.07, 6.45) is 0. The van der Waals surface area contributed by atoms with Gasteiger partial charge in [0.1, 0.15) is 16.4 Å². The Morgan fingerprint density at radius 2 is 1.93 bits per heavy atom. The van der Waals surface area contributed by atoms with Crippen molar-refractivity contribution in [1.82, 2.24) is 9.97 Å². The third kappa shape index (κ3) is 4.74. The van der Waals surface area contributed by atoms with Crippen molar-refractivity contribution in [2.75, 3.05) is 12.4 Å². The minimum atomic E-state index is -0.0799. The summed E-state index contributed by atoms with van der Waals surface area (Å²) in [6.45, 7) is 2.65. The lowest BCUT2D eigenvalue weighted by molar-refractivity contribution is 0.344. The van der Waals surface area contributed by atoms with Crippen LogP contribution in [0.15, 0.2) is 69.2 Å². The molecule has 0 aliphatic rings. The van der Waals surface area contributed by atoms with Gasteiger partial charge >= 0.3 is 0 Å². The first kappa shape index (κ1) is 20.2. The molecule has 0 fully saturated rings. The van der Waals surface area contributed by atoms with Crippen LogP contribution in [-0.4, -0.2) is 22.3 Å². The average molecular weight is 487 g/mol. The molecule has 4 rings (SSSR count). The Labute approximate surface area is 185 Å². The van der Waals surface area contributed by atoms with Crippen molar-refractivity contribution >= 4 is 49.2 Å². The van der Waals surface area contributed by atoms with Crippen molar-refractivity contribution in [2.24, 2.45) is 0 Å². The van der Waals surface area contributed by atoms with Gasteiger partial charge < -0.3 is 9.72 Å². The van der Waals surface area contributed by atoms with E-state index < -0.39 is 0 Å². The molecule has 1 N–H and O–H groups in total. The smallest absolute Gasteiger partial charge is 0.260 e. The second kappa shape index (κ2) is 9.15. The molecule has 148 valence electrons. The molecule has 0 saturated carbocycles. The minimum Gasteiger partial charge on any atom is -0.493 e. The molecule has 7 heteroatoms. The number of nitrogens with zero attached hydrogens (tertiary/aromatic N) is 1. The van der Waals surface area contributed by atoms with Crippen molar-refractivity contribution in [3.05, 3.63) is 80.6 Å². The monoisotopic (exact) mass is 486 g/mol. The van der Waals surface area contributed by atoms with Gasteiger partial charge in [-0.15, -0.1) is 23.1 Å². The molecule has 4 nitrogen and oxygen atoms in total. The summed E-state index contributed by atoms with van der Waals surface area (Å²) >= 11 is 6.64. The summed E-state index contributed by atoms with van der Waals surface area (Å²) in [6, 6.07) is 17.7. The van der Waals surface area contributed by atoms with E-state index in [1.54, 1.807) is 11.8 Å². The van der Waals surface area contributed by atoms with Crippen LogP contribution in [-0.2, 0) is 0 Å². The van der Waals surface area contributed by atoms with Crippen LogP contribution < -0.4 is 10.3 Å². The highest BCUT2D eigenvalue weighted by Crippen LogP contribution is 2.32. The van der Waals surface area contributed by atoms with Crippen LogP contribution in [0.3, 0.4) is 0 Å². The molecule has 2 aromatic heterocycles. The maximum Gasteiger partial charge on any atom is 0.260 e. The van der Waals surface area contributed by atoms with E-state index >= 15 is 0 Å². The molecule has 0 unspecified atom stereocenters. The fraction of sp³-hybridized carbons (Fsp3) is 0.182. The van der Waals surface area contributed by atoms with Crippen molar-refractivity contribution in [3.63, 3.8) is 0 Å². The molecule has 2 aromatic carbocycles. The first-order valence-electron chi connectivity index (χ1n) is 9.18. The van der Waals surface area contributed by atoms with E-state index in [0.29, 0.717) is 17.8 Å². The zero-order chi connectivity index (χ0) is 20.2. The highest BCUT2D eigenvalue weighted by Gasteiger charge is 2.16. The second-order valence-corrected chi connectivity index (χ2v) is 9.68. The number of ether oxygens (including phenoxy) is 1. The quantitative estimate of drug-likeness (QED) is 0.312. The standard InChI is InChI=1S/C22H19BrN2O2S2/c1-14(28-12-11-27-17-9-7-16(23)8-10-17)20-24-21(26)19-18(13-29-22(19)25-20)15-5-3-2-4-6-15/h2-10,13-14H,11-12H2,1H3,(H,24,25,26)/t14-/m1/s1. The number of aromatic amines is 1. The number of hydrogen-bond donors (Lipinski definition) is 1. The summed E-state index contributed by atoms with van der Waals surface area (Å²) in [5.74, 6) is 2.36. The predicted octanol–water partition coefficient (Wildman–Crippen LogP) is 6.29. The Kier molecular flexibility index (Phi) is 6.37. The zero-order valence-electron chi connectivity index (χ0n) is 15.7. The lowest BCUT2D eigenvalue weighted by Gasteiger charge is -2.11. The second-order valence-electron chi connectivity index (χ2n) is 6.46. The van der Waals surface area contributed by atoms with Crippen LogP contribution in [0.2, 0.25) is 0 Å². The van der Waals surface area contributed by atoms with Gasteiger partial charge in [0, 0.05) is 21.2 Å². The van der Waals surface area contributed by atoms with E-state index in [0.717, 1.165) is 31.9 Å². The Morgan fingerprint density at radius 3 is 2.69 bits per heavy atom. The molecule has 0 radical (unpaired) electrons. The van der Waals surface area contributed by atoms with Gasteiger partial charge in [-0.1, -0.05) is 46.3 Å². The number of thioether (sulfide) groups is 1. The molecule has 2 heterocycles. The lowest BCUT2D eigenvalue weighted by atomic mass is 10.1. The molecule has 0 saturated heterocycles. The van der Waals surface area contributed by atoms with E-state index in [2.05, 4.69) is 27.8 Å². The summed E-state index contributed by atoms with van der Waals surface area (Å²) in [4.78, 5) is 21.3. The van der Waals surface area contributed by atoms with E-state index in [-0.39, 0.29) is 10.8 Å². The summed E-state index contributed by atoms with van der Waals surface area (Å²) < 4.78 is 6.79. The first-order valence-corrected chi connectivity index (χ1v) is 11.9. The molecule has 29 heavy (non-hydrogen) atoms. The van der Waals surface area contributed by atoms with Crippen molar-refractivity contribution in [2.45, 2.75) is 12.2 Å². The van der Waals surface area contributed by atoms with Gasteiger partial charge in [0.25, 0.3) is 5.56 Å². The van der Waals surface area contributed by atoms with Crippen molar-refractivity contribution < 1.29 is 4.74 Å². The molecule has 0 aliphatic heterocycles. The van der Waals surface area contributed by atoms with Crippen LogP contribution in [0.4, 0.5) is 0 Å². The molecule has 1 atom stereocenters. The van der Waals surface area contributed by atoms with Gasteiger partial charge in [-0.25, -0.2) is 4.98 Å². The number of benzene rings is 2. The molecule has 0 bridgehead atoms. The zero-order valence-corrected chi connectivity index (χ0v) is 18.9. The van der Waals surface area contributed by atoms with Gasteiger partial charge in [0.15, 0.2) is 0 Å². The number of thiophene rings is 1. The van der Waals surface area contributed by atoms with Crippen LogP contribution in [0.1, 0.15) is 18.0 Å². The molecular formula is C22H19BrN2O2S2. The Morgan fingerprint density at radius 1 is 1.17 bits per heavy atom. The molecule has 0 amide bonds. The van der Waals surface area contributed by atoms with Crippen LogP contribution >= 0.6 is 39.0 Å². The number of aromatic nitrogens is 2. The fourth-order valence-electron chi connectivity index (χ4n) is 2.98. The largest absolute Gasteiger partial charge is 0.493 e. The molecule has 0 spiro atoms. The van der Waals surface area contributed by atoms with Crippen LogP contribution in [0.25, 0.3) is 21.3 Å². The van der Waals surface area contributed by atoms with Gasteiger partial charge in [-0.2, -0.15) is 0 Å². The Balaban J connectivity index is 1.43. The van der Waals surface area contributed by atoms with E-state index in [9.17, 15) is 4.79 Å². The summed E-state index contributed by atoms with van der Waals surface area (Å²) in [7, 11) is 0. The molecule has 0 aliphatic carbocycles. The number of halogens is 1. The van der Waals surface area contributed by atoms with E-state index in [1.807, 2.05) is 60.0 Å². The Bertz CT molecular complexity index is 1160. The SMILES string of the molecule is C[C@@H](SCCOc1ccc(Br)cc1)c1nc2scc(-c3ccccc3)c2c(=O)[nH]1. The minimum absolute atomic E-state index is 0.0721. The highest BCUT2D eigenvalue weighted by molar-refractivity contribution is 9.10. The molecular weight excluding hydrogens is 468 g/mol. The fourth-order valence-corrected chi connectivity index (χ4v) is 5.00. The van der Waals surface area contributed by atoms with Gasteiger partial charge in [0.05, 0.1) is 17.2 Å². The number of rotatable bonds is 7. The number of H-pyrrole nitrogens is 1. The number of hydrogen-bond acceptors (Lipinski definition) is 5. The van der Waals surface area contributed by atoms with Gasteiger partial charge in [0.2, 0.25) is 0 Å². The predicted molar refractivity (Wildman–Crippen MR) is 126 cm³/mol. The normalized spacial score (nSPS) is 12.2. The average Bonchev–Trinajstić information content (AvgIpc) is 3.18. The van der Waals surface area contributed by atoms with Crippen LogP contribution in [0, 0.1) is 0 Å². The maximum atomic E-state index is 12.8. The third-order valence-corrected chi connectivity index (χ3v) is 6.99. The van der Waals surface area contributed by atoms with Crippen molar-refractivity contribution in [3.8, 4) is 16.9 Å². The lowest BCUT2D eigenvalue weighted by Crippen LogP contribution is -2.13.